The van der Waals surface area contributed by atoms with Crippen LogP contribution in [0.15, 0.2) is 29.8 Å². The van der Waals surface area contributed by atoms with Crippen LogP contribution in [0, 0.1) is 10.8 Å². The maximum atomic E-state index is 11.2. The predicted molar refractivity (Wildman–Crippen MR) is 162 cm³/mol. The molecule has 40 heavy (non-hydrogen) atoms. The van der Waals surface area contributed by atoms with Gasteiger partial charge >= 0.3 is 12.2 Å². The molecule has 2 aliphatic heterocycles. The molecule has 0 radical (unpaired) electrons. The summed E-state index contributed by atoms with van der Waals surface area (Å²) in [7, 11) is 0. The van der Waals surface area contributed by atoms with E-state index in [1.54, 1.807) is 4.90 Å². The summed E-state index contributed by atoms with van der Waals surface area (Å²) in [5.41, 5.74) is 4.51. The molecule has 0 aromatic heterocycles. The number of benzene rings is 1. The Hall–Kier alpha value is -2.29. The Morgan fingerprint density at radius 3 is 2.23 bits per heavy atom. The number of nitrogens with zero attached hydrogens (tertiary/aromatic N) is 3. The predicted octanol–water partition coefficient (Wildman–Crippen LogP) is 6.36. The van der Waals surface area contributed by atoms with Crippen molar-refractivity contribution in [3.63, 3.8) is 0 Å². The lowest BCUT2D eigenvalue weighted by atomic mass is 9.72. The Kier molecular flexibility index (Phi) is 10.6. The Bertz CT molecular complexity index is 1070. The quantitative estimate of drug-likeness (QED) is 0.387. The third kappa shape index (κ3) is 8.37. The SMILES string of the molecule is CC1CN(C(=O)O)CCN1CC1=C(c2ccc(Cl)cc2)CC(C)(C)CC1.CC1NCCN(C(=O)O)C1C(C)(C)C. The number of amides is 2. The van der Waals surface area contributed by atoms with E-state index in [4.69, 9.17) is 16.7 Å². The summed E-state index contributed by atoms with van der Waals surface area (Å²) in [6, 6.07) is 8.71. The molecular formula is C31H49ClN4O4. The first kappa shape index (κ1) is 32.2. The zero-order valence-corrected chi connectivity index (χ0v) is 26.1. The molecule has 0 bridgehead atoms. The molecule has 224 valence electrons. The highest BCUT2D eigenvalue weighted by molar-refractivity contribution is 6.30. The van der Waals surface area contributed by atoms with E-state index < -0.39 is 12.2 Å². The number of allylic oxidation sites excluding steroid dienone is 1. The van der Waals surface area contributed by atoms with Crippen LogP contribution in [0.1, 0.15) is 73.3 Å². The number of nitrogens with one attached hydrogen (secondary N) is 1. The molecule has 1 aromatic rings. The molecule has 3 N–H and O–H groups in total. The summed E-state index contributed by atoms with van der Waals surface area (Å²) in [6.07, 6.45) is 1.77. The number of carbonyl (C=O) groups is 2. The van der Waals surface area contributed by atoms with E-state index in [2.05, 4.69) is 63.9 Å². The Balaban J connectivity index is 0.000000267. The molecule has 2 heterocycles. The first-order chi connectivity index (χ1) is 18.6. The zero-order chi connectivity index (χ0) is 29.8. The number of carboxylic acid groups (broad SMARTS) is 2. The van der Waals surface area contributed by atoms with Crippen molar-refractivity contribution in [3.8, 4) is 0 Å². The van der Waals surface area contributed by atoms with Crippen LogP contribution in [0.4, 0.5) is 9.59 Å². The van der Waals surface area contributed by atoms with Crippen LogP contribution in [-0.2, 0) is 0 Å². The van der Waals surface area contributed by atoms with Crippen LogP contribution in [0.5, 0.6) is 0 Å². The summed E-state index contributed by atoms with van der Waals surface area (Å²) in [5, 5.41) is 22.4. The average molecular weight is 577 g/mol. The van der Waals surface area contributed by atoms with Crippen LogP contribution < -0.4 is 5.32 Å². The molecule has 3 aliphatic rings. The molecule has 9 heteroatoms. The highest BCUT2D eigenvalue weighted by Gasteiger charge is 2.39. The molecule has 4 rings (SSSR count). The van der Waals surface area contributed by atoms with Crippen LogP contribution in [0.2, 0.25) is 5.02 Å². The molecule has 2 amide bonds. The van der Waals surface area contributed by atoms with Gasteiger partial charge in [0.2, 0.25) is 0 Å². The maximum Gasteiger partial charge on any atom is 0.407 e. The lowest BCUT2D eigenvalue weighted by molar-refractivity contribution is 0.0458. The third-order valence-electron chi connectivity index (χ3n) is 8.57. The lowest BCUT2D eigenvalue weighted by Crippen LogP contribution is -2.62. The van der Waals surface area contributed by atoms with E-state index >= 15 is 0 Å². The van der Waals surface area contributed by atoms with E-state index in [0.29, 0.717) is 25.0 Å². The van der Waals surface area contributed by atoms with Gasteiger partial charge in [0.25, 0.3) is 0 Å². The van der Waals surface area contributed by atoms with Gasteiger partial charge in [-0.05, 0) is 67.2 Å². The molecule has 3 atom stereocenters. The van der Waals surface area contributed by atoms with Crippen LogP contribution in [-0.4, -0.2) is 94.5 Å². The monoisotopic (exact) mass is 576 g/mol. The fraction of sp³-hybridized carbons (Fsp3) is 0.677. The minimum atomic E-state index is -0.808. The molecule has 0 spiro atoms. The average Bonchev–Trinajstić information content (AvgIpc) is 2.86. The lowest BCUT2D eigenvalue weighted by Gasteiger charge is -2.46. The largest absolute Gasteiger partial charge is 0.465 e. The van der Waals surface area contributed by atoms with E-state index in [-0.39, 0.29) is 23.5 Å². The zero-order valence-electron chi connectivity index (χ0n) is 25.3. The van der Waals surface area contributed by atoms with Crippen molar-refractivity contribution in [1.29, 1.82) is 0 Å². The number of hydrogen-bond acceptors (Lipinski definition) is 4. The molecule has 1 aromatic carbocycles. The summed E-state index contributed by atoms with van der Waals surface area (Å²) >= 11 is 6.08. The van der Waals surface area contributed by atoms with Gasteiger partial charge in [-0.3, -0.25) is 4.90 Å². The first-order valence-electron chi connectivity index (χ1n) is 14.5. The van der Waals surface area contributed by atoms with Crippen molar-refractivity contribution >= 4 is 29.4 Å². The van der Waals surface area contributed by atoms with Crippen LogP contribution >= 0.6 is 11.6 Å². The second-order valence-electron chi connectivity index (χ2n) is 13.5. The fourth-order valence-corrected chi connectivity index (χ4v) is 6.60. The molecule has 2 fully saturated rings. The molecule has 8 nitrogen and oxygen atoms in total. The van der Waals surface area contributed by atoms with Gasteiger partial charge in [-0.1, -0.05) is 63.9 Å². The number of rotatable bonds is 3. The normalized spacial score (nSPS) is 25.8. The summed E-state index contributed by atoms with van der Waals surface area (Å²) < 4.78 is 0. The minimum Gasteiger partial charge on any atom is -0.465 e. The van der Waals surface area contributed by atoms with Crippen molar-refractivity contribution in [2.75, 3.05) is 39.3 Å². The Morgan fingerprint density at radius 2 is 1.70 bits per heavy atom. The van der Waals surface area contributed by atoms with Gasteiger partial charge in [0.05, 0.1) is 6.04 Å². The van der Waals surface area contributed by atoms with Crippen molar-refractivity contribution in [2.45, 2.75) is 85.9 Å². The van der Waals surface area contributed by atoms with Crippen LogP contribution in [0.25, 0.3) is 5.57 Å². The highest BCUT2D eigenvalue weighted by atomic mass is 35.5. The Labute approximate surface area is 245 Å². The van der Waals surface area contributed by atoms with Gasteiger partial charge in [0.1, 0.15) is 0 Å². The van der Waals surface area contributed by atoms with Gasteiger partial charge in [-0.15, -0.1) is 0 Å². The topological polar surface area (TPSA) is 96.4 Å². The standard InChI is InChI=1S/C21H29ClN2O2.C10H20N2O2/c1-15-13-24(20(25)26)11-10-23(15)14-17-8-9-21(2,3)12-19(17)16-4-6-18(22)7-5-16;1-7-8(10(2,3)4)12(9(13)14)6-5-11-7/h4-7,15H,8-14H2,1-3H3,(H,25,26);7-8,11H,5-6H2,1-4H3,(H,13,14). The van der Waals surface area contributed by atoms with Crippen molar-refractivity contribution in [1.82, 2.24) is 20.0 Å². The number of piperazine rings is 2. The third-order valence-corrected chi connectivity index (χ3v) is 8.82. The van der Waals surface area contributed by atoms with Gasteiger partial charge in [0.15, 0.2) is 0 Å². The van der Waals surface area contributed by atoms with E-state index in [1.807, 2.05) is 19.1 Å². The van der Waals surface area contributed by atoms with E-state index in [0.717, 1.165) is 37.5 Å². The summed E-state index contributed by atoms with van der Waals surface area (Å²) in [4.78, 5) is 27.8. The highest BCUT2D eigenvalue weighted by Crippen LogP contribution is 2.43. The fourth-order valence-electron chi connectivity index (χ4n) is 6.48. The van der Waals surface area contributed by atoms with Crippen molar-refractivity contribution in [3.05, 3.63) is 40.4 Å². The number of hydrogen-bond donors (Lipinski definition) is 3. The molecule has 1 aliphatic carbocycles. The molecule has 2 saturated heterocycles. The van der Waals surface area contributed by atoms with E-state index in [1.165, 1.54) is 28.0 Å². The van der Waals surface area contributed by atoms with Crippen molar-refractivity contribution < 1.29 is 19.8 Å². The van der Waals surface area contributed by atoms with Crippen LogP contribution in [0.3, 0.4) is 0 Å². The first-order valence-corrected chi connectivity index (χ1v) is 14.9. The second-order valence-corrected chi connectivity index (χ2v) is 13.9. The second kappa shape index (κ2) is 13.1. The summed E-state index contributed by atoms with van der Waals surface area (Å²) in [6.45, 7) is 19.3. The van der Waals surface area contributed by atoms with Gasteiger partial charge in [-0.25, -0.2) is 9.59 Å². The molecule has 3 unspecified atom stereocenters. The number of halogens is 1. The minimum absolute atomic E-state index is 0.0226. The maximum absolute atomic E-state index is 11.2. The van der Waals surface area contributed by atoms with E-state index in [9.17, 15) is 14.7 Å². The van der Waals surface area contributed by atoms with Gasteiger partial charge in [0, 0.05) is 56.4 Å². The Morgan fingerprint density at radius 1 is 1.05 bits per heavy atom. The molecule has 0 saturated carbocycles. The van der Waals surface area contributed by atoms with Crippen molar-refractivity contribution in [2.24, 2.45) is 10.8 Å². The summed E-state index contributed by atoms with van der Waals surface area (Å²) in [5.74, 6) is 0. The molecular weight excluding hydrogens is 528 g/mol. The van der Waals surface area contributed by atoms with Gasteiger partial charge < -0.3 is 25.3 Å². The van der Waals surface area contributed by atoms with Gasteiger partial charge in [-0.2, -0.15) is 0 Å². The smallest absolute Gasteiger partial charge is 0.407 e.